The van der Waals surface area contributed by atoms with E-state index in [0.717, 1.165) is 19.4 Å². The molecule has 0 saturated heterocycles. The summed E-state index contributed by atoms with van der Waals surface area (Å²) in [7, 11) is 1.54. The van der Waals surface area contributed by atoms with Crippen molar-refractivity contribution in [3.8, 4) is 11.5 Å². The fraction of sp³-hybridized carbons (Fsp3) is 0.409. The monoisotopic (exact) mass is 369 g/mol. The Labute approximate surface area is 160 Å². The van der Waals surface area contributed by atoms with E-state index in [1.54, 1.807) is 18.2 Å². The van der Waals surface area contributed by atoms with Crippen LogP contribution in [0.5, 0.6) is 11.5 Å². The Morgan fingerprint density at radius 3 is 2.78 bits per heavy atom. The summed E-state index contributed by atoms with van der Waals surface area (Å²) in [5.41, 5.74) is 4.38. The molecule has 1 heterocycles. The average molecular weight is 369 g/mol. The molecule has 2 aromatic carbocycles. The molecule has 0 unspecified atom stereocenters. The highest BCUT2D eigenvalue weighted by atomic mass is 16.5. The summed E-state index contributed by atoms with van der Waals surface area (Å²) in [6.07, 6.45) is 1.54. The van der Waals surface area contributed by atoms with Crippen LogP contribution in [0.1, 0.15) is 34.8 Å². The van der Waals surface area contributed by atoms with Crippen LogP contribution in [0, 0.1) is 6.92 Å². The maximum Gasteiger partial charge on any atom is 0.161 e. The number of aryl methyl sites for hydroxylation is 2. The lowest BCUT2D eigenvalue weighted by atomic mass is 9.99. The molecule has 0 aromatic heterocycles. The molecule has 0 spiro atoms. The first-order valence-corrected chi connectivity index (χ1v) is 9.32. The van der Waals surface area contributed by atoms with E-state index in [4.69, 9.17) is 9.47 Å². The van der Waals surface area contributed by atoms with Crippen LogP contribution in [0.25, 0.3) is 0 Å². The molecule has 5 heteroatoms. The quantitative estimate of drug-likeness (QED) is 0.758. The van der Waals surface area contributed by atoms with E-state index < -0.39 is 6.10 Å². The molecule has 0 aliphatic carbocycles. The molecule has 0 radical (unpaired) electrons. The van der Waals surface area contributed by atoms with Gasteiger partial charge in [-0.25, -0.2) is 0 Å². The summed E-state index contributed by atoms with van der Waals surface area (Å²) in [6, 6.07) is 11.6. The summed E-state index contributed by atoms with van der Waals surface area (Å²) in [4.78, 5) is 13.7. The fourth-order valence-electron chi connectivity index (χ4n) is 3.49. The number of hydrogen-bond donors (Lipinski definition) is 1. The summed E-state index contributed by atoms with van der Waals surface area (Å²) in [5.74, 6) is 0.990. The highest BCUT2D eigenvalue weighted by Gasteiger charge is 2.20. The average Bonchev–Trinajstić information content (AvgIpc) is 2.66. The third-order valence-corrected chi connectivity index (χ3v) is 4.88. The Hall–Kier alpha value is -2.53. The van der Waals surface area contributed by atoms with E-state index in [2.05, 4.69) is 30.0 Å². The van der Waals surface area contributed by atoms with Gasteiger partial charge in [0.05, 0.1) is 7.11 Å². The van der Waals surface area contributed by atoms with Crippen LogP contribution in [0.3, 0.4) is 0 Å². The third-order valence-electron chi connectivity index (χ3n) is 4.88. The standard InChI is InChI=1S/C22H27NO4/c1-15-6-8-20-18(11-15)5-4-10-23(20)13-19(25)14-27-21-9-7-17(16(2)24)12-22(21)26-3/h6-9,11-12,19,25H,4-5,10,13-14H2,1-3H3/t19-/m1/s1. The summed E-state index contributed by atoms with van der Waals surface area (Å²) >= 11 is 0. The highest BCUT2D eigenvalue weighted by Crippen LogP contribution is 2.30. The maximum absolute atomic E-state index is 11.5. The molecule has 0 amide bonds. The molecule has 1 aliphatic rings. The maximum atomic E-state index is 11.5. The SMILES string of the molecule is COc1cc(C(C)=O)ccc1OC[C@H](O)CN1CCCc2cc(C)ccc21. The second-order valence-corrected chi connectivity index (χ2v) is 7.07. The van der Waals surface area contributed by atoms with Gasteiger partial charge in [-0.1, -0.05) is 17.7 Å². The smallest absolute Gasteiger partial charge is 0.161 e. The largest absolute Gasteiger partial charge is 0.493 e. The van der Waals surface area contributed by atoms with Gasteiger partial charge in [-0.3, -0.25) is 4.79 Å². The minimum absolute atomic E-state index is 0.0288. The van der Waals surface area contributed by atoms with Crippen molar-refractivity contribution in [2.75, 3.05) is 31.7 Å². The Morgan fingerprint density at radius 1 is 1.22 bits per heavy atom. The molecule has 1 N–H and O–H groups in total. The second-order valence-electron chi connectivity index (χ2n) is 7.07. The zero-order valence-electron chi connectivity index (χ0n) is 16.2. The lowest BCUT2D eigenvalue weighted by Gasteiger charge is -2.33. The molecule has 1 aliphatic heterocycles. The Morgan fingerprint density at radius 2 is 2.04 bits per heavy atom. The number of aliphatic hydroxyl groups is 1. The van der Waals surface area contributed by atoms with Crippen LogP contribution in [0.15, 0.2) is 36.4 Å². The van der Waals surface area contributed by atoms with Crippen LogP contribution < -0.4 is 14.4 Å². The number of methoxy groups -OCH3 is 1. The summed E-state index contributed by atoms with van der Waals surface area (Å²) < 4.78 is 11.1. The minimum atomic E-state index is -0.630. The van der Waals surface area contributed by atoms with Gasteiger partial charge in [-0.05, 0) is 56.5 Å². The van der Waals surface area contributed by atoms with Gasteiger partial charge < -0.3 is 19.5 Å². The van der Waals surface area contributed by atoms with E-state index in [1.807, 2.05) is 0 Å². The van der Waals surface area contributed by atoms with Gasteiger partial charge in [-0.15, -0.1) is 0 Å². The van der Waals surface area contributed by atoms with Gasteiger partial charge in [-0.2, -0.15) is 0 Å². The van der Waals surface area contributed by atoms with Crippen LogP contribution in [-0.4, -0.2) is 43.8 Å². The van der Waals surface area contributed by atoms with Gasteiger partial charge in [0.1, 0.15) is 12.7 Å². The third kappa shape index (κ3) is 4.61. The number of nitrogens with zero attached hydrogens (tertiary/aromatic N) is 1. The number of Topliss-reactive ketones (excluding diaryl/α,β-unsaturated/α-hetero) is 1. The zero-order valence-corrected chi connectivity index (χ0v) is 16.2. The van der Waals surface area contributed by atoms with E-state index >= 15 is 0 Å². The van der Waals surface area contributed by atoms with Crippen molar-refractivity contribution in [2.45, 2.75) is 32.8 Å². The summed E-state index contributed by atoms with van der Waals surface area (Å²) in [5, 5.41) is 10.5. The van der Waals surface area contributed by atoms with E-state index in [1.165, 1.54) is 30.8 Å². The van der Waals surface area contributed by atoms with Crippen LogP contribution in [0.4, 0.5) is 5.69 Å². The number of hydrogen-bond acceptors (Lipinski definition) is 5. The van der Waals surface area contributed by atoms with Crippen molar-refractivity contribution < 1.29 is 19.4 Å². The highest BCUT2D eigenvalue weighted by molar-refractivity contribution is 5.94. The Kier molecular flexibility index (Phi) is 6.01. The van der Waals surface area contributed by atoms with Gasteiger partial charge in [0.15, 0.2) is 17.3 Å². The topological polar surface area (TPSA) is 59.0 Å². The van der Waals surface area contributed by atoms with Crippen molar-refractivity contribution in [3.05, 3.63) is 53.1 Å². The predicted molar refractivity (Wildman–Crippen MR) is 106 cm³/mol. The molecule has 27 heavy (non-hydrogen) atoms. The molecule has 0 fully saturated rings. The predicted octanol–water partition coefficient (Wildman–Crippen LogP) is 3.40. The summed E-state index contributed by atoms with van der Waals surface area (Å²) in [6.45, 7) is 5.23. The second kappa shape index (κ2) is 8.44. The lowest BCUT2D eigenvalue weighted by Crippen LogP contribution is -2.38. The van der Waals surface area contributed by atoms with Crippen LogP contribution in [-0.2, 0) is 6.42 Å². The Bertz CT molecular complexity index is 818. The van der Waals surface area contributed by atoms with Gasteiger partial charge in [0.25, 0.3) is 0 Å². The number of carbonyl (C=O) groups is 1. The molecule has 0 saturated carbocycles. The molecular weight excluding hydrogens is 342 g/mol. The molecular formula is C22H27NO4. The molecule has 5 nitrogen and oxygen atoms in total. The van der Waals surface area contributed by atoms with Crippen LogP contribution in [0.2, 0.25) is 0 Å². The van der Waals surface area contributed by atoms with Crippen LogP contribution >= 0.6 is 0 Å². The van der Waals surface area contributed by atoms with Crippen molar-refractivity contribution >= 4 is 11.5 Å². The van der Waals surface area contributed by atoms with Gasteiger partial charge in [0.2, 0.25) is 0 Å². The number of fused-ring (bicyclic) bond motifs is 1. The van der Waals surface area contributed by atoms with Crippen molar-refractivity contribution in [2.24, 2.45) is 0 Å². The van der Waals surface area contributed by atoms with E-state index in [9.17, 15) is 9.90 Å². The number of β-amino-alcohol motifs (C(OH)–C–C–N with tert-alkyl or cyclic N) is 1. The van der Waals surface area contributed by atoms with Gasteiger partial charge in [0, 0.05) is 24.3 Å². The number of benzene rings is 2. The van der Waals surface area contributed by atoms with Crippen molar-refractivity contribution in [1.82, 2.24) is 0 Å². The van der Waals surface area contributed by atoms with Crippen molar-refractivity contribution in [3.63, 3.8) is 0 Å². The number of ketones is 1. The van der Waals surface area contributed by atoms with Crippen molar-refractivity contribution in [1.29, 1.82) is 0 Å². The number of aliphatic hydroxyl groups excluding tert-OH is 1. The van der Waals surface area contributed by atoms with Gasteiger partial charge >= 0.3 is 0 Å². The minimum Gasteiger partial charge on any atom is -0.493 e. The number of carbonyl (C=O) groups excluding carboxylic acids is 1. The molecule has 3 rings (SSSR count). The normalized spacial score (nSPS) is 14.4. The zero-order chi connectivity index (χ0) is 19.4. The fourth-order valence-corrected chi connectivity index (χ4v) is 3.49. The molecule has 0 bridgehead atoms. The Balaban J connectivity index is 1.63. The first-order valence-electron chi connectivity index (χ1n) is 9.32. The van der Waals surface area contributed by atoms with E-state index in [0.29, 0.717) is 23.6 Å². The lowest BCUT2D eigenvalue weighted by molar-refractivity contribution is 0.101. The molecule has 144 valence electrons. The van der Waals surface area contributed by atoms with E-state index in [-0.39, 0.29) is 12.4 Å². The molecule has 2 aromatic rings. The number of anilines is 1. The number of ether oxygens (including phenoxy) is 2. The first kappa shape index (κ1) is 19.2. The molecule has 1 atom stereocenters. The number of rotatable bonds is 7. The first-order chi connectivity index (χ1) is 13.0.